The number of carbonyl (C=O) groups excluding carboxylic acids is 1. The third-order valence-corrected chi connectivity index (χ3v) is 5.48. The van der Waals surface area contributed by atoms with E-state index in [1.54, 1.807) is 12.1 Å². The summed E-state index contributed by atoms with van der Waals surface area (Å²) in [7, 11) is -3.28. The van der Waals surface area contributed by atoms with Gasteiger partial charge < -0.3 is 5.32 Å². The first-order chi connectivity index (χ1) is 11.7. The molecule has 1 aliphatic heterocycles. The minimum Gasteiger partial charge on any atom is -0.322 e. The number of fused-ring (bicyclic) bond motifs is 1. The Balaban J connectivity index is 1.86. The average molecular weight is 358 g/mol. The molecule has 0 aliphatic carbocycles. The molecule has 2 aromatic carbocycles. The van der Waals surface area contributed by atoms with E-state index < -0.39 is 10.0 Å². The van der Waals surface area contributed by atoms with Gasteiger partial charge in [0.15, 0.2) is 0 Å². The Labute approximate surface area is 148 Å². The Hall–Kier alpha value is -2.34. The van der Waals surface area contributed by atoms with Crippen molar-refractivity contribution in [3.63, 3.8) is 0 Å². The monoisotopic (exact) mass is 358 g/mol. The van der Waals surface area contributed by atoms with Gasteiger partial charge in [0, 0.05) is 17.8 Å². The van der Waals surface area contributed by atoms with Gasteiger partial charge in [-0.2, -0.15) is 0 Å². The molecule has 25 heavy (non-hydrogen) atoms. The Morgan fingerprint density at radius 1 is 1.08 bits per heavy atom. The third-order valence-electron chi connectivity index (χ3n) is 4.30. The number of aryl methyl sites for hydroxylation is 3. The van der Waals surface area contributed by atoms with Gasteiger partial charge in [-0.3, -0.25) is 9.10 Å². The summed E-state index contributed by atoms with van der Waals surface area (Å²) >= 11 is 0. The molecule has 1 N–H and O–H groups in total. The summed E-state index contributed by atoms with van der Waals surface area (Å²) in [6, 6.07) is 11.1. The summed E-state index contributed by atoms with van der Waals surface area (Å²) in [5.74, 6) is -0.164. The van der Waals surface area contributed by atoms with Crippen molar-refractivity contribution in [2.24, 2.45) is 0 Å². The van der Waals surface area contributed by atoms with Crippen LogP contribution in [0.3, 0.4) is 0 Å². The lowest BCUT2D eigenvalue weighted by molar-refractivity contribution is 0.102. The van der Waals surface area contributed by atoms with Crippen LogP contribution in [-0.4, -0.2) is 27.1 Å². The minimum absolute atomic E-state index is 0.164. The molecule has 0 bridgehead atoms. The molecule has 5 nitrogen and oxygen atoms in total. The Kier molecular flexibility index (Phi) is 4.56. The molecule has 0 radical (unpaired) electrons. The Morgan fingerprint density at radius 3 is 2.40 bits per heavy atom. The molecule has 0 saturated heterocycles. The van der Waals surface area contributed by atoms with E-state index in [4.69, 9.17) is 0 Å². The quantitative estimate of drug-likeness (QED) is 0.916. The van der Waals surface area contributed by atoms with Crippen LogP contribution in [0.25, 0.3) is 0 Å². The maximum Gasteiger partial charge on any atom is 0.255 e. The molecule has 0 spiro atoms. The van der Waals surface area contributed by atoms with E-state index in [1.165, 1.54) is 10.6 Å². The zero-order valence-electron chi connectivity index (χ0n) is 14.7. The molecule has 0 aromatic heterocycles. The number of benzene rings is 2. The van der Waals surface area contributed by atoms with Crippen LogP contribution in [-0.2, 0) is 16.4 Å². The van der Waals surface area contributed by atoms with Gasteiger partial charge in [-0.25, -0.2) is 8.42 Å². The van der Waals surface area contributed by atoms with Gasteiger partial charge in [0.25, 0.3) is 5.91 Å². The second kappa shape index (κ2) is 6.52. The van der Waals surface area contributed by atoms with E-state index in [0.717, 1.165) is 29.5 Å². The predicted molar refractivity (Wildman–Crippen MR) is 101 cm³/mol. The van der Waals surface area contributed by atoms with Crippen LogP contribution in [0.4, 0.5) is 11.4 Å². The van der Waals surface area contributed by atoms with Crippen molar-refractivity contribution in [1.29, 1.82) is 0 Å². The highest BCUT2D eigenvalue weighted by Crippen LogP contribution is 2.31. The molecule has 1 amide bonds. The number of anilines is 2. The highest BCUT2D eigenvalue weighted by Gasteiger charge is 2.24. The SMILES string of the molecule is Cc1cc(C)cc(C(=O)Nc2ccc3c(c2)CCCN3S(C)(=O)=O)c1. The lowest BCUT2D eigenvalue weighted by Gasteiger charge is -2.29. The zero-order valence-corrected chi connectivity index (χ0v) is 15.5. The van der Waals surface area contributed by atoms with Crippen molar-refractivity contribution in [1.82, 2.24) is 0 Å². The number of amides is 1. The van der Waals surface area contributed by atoms with Crippen molar-refractivity contribution in [3.8, 4) is 0 Å². The maximum absolute atomic E-state index is 12.5. The molecule has 2 aromatic rings. The lowest BCUT2D eigenvalue weighted by atomic mass is 10.0. The van der Waals surface area contributed by atoms with Crippen LogP contribution in [0.15, 0.2) is 36.4 Å². The van der Waals surface area contributed by atoms with Gasteiger partial charge in [-0.15, -0.1) is 0 Å². The number of sulfonamides is 1. The van der Waals surface area contributed by atoms with Crippen LogP contribution in [0, 0.1) is 13.8 Å². The van der Waals surface area contributed by atoms with E-state index in [0.29, 0.717) is 23.5 Å². The largest absolute Gasteiger partial charge is 0.322 e. The normalized spacial score (nSPS) is 14.1. The fraction of sp³-hybridized carbons (Fsp3) is 0.316. The second-order valence-corrected chi connectivity index (χ2v) is 8.52. The molecular formula is C19H22N2O3S. The lowest BCUT2D eigenvalue weighted by Crippen LogP contribution is -2.34. The highest BCUT2D eigenvalue weighted by atomic mass is 32.2. The number of hydrogen-bond donors (Lipinski definition) is 1. The van der Waals surface area contributed by atoms with Gasteiger partial charge in [-0.05, 0) is 62.6 Å². The van der Waals surface area contributed by atoms with Gasteiger partial charge >= 0.3 is 0 Å². The standard InChI is InChI=1S/C19H22N2O3S/c1-13-9-14(2)11-16(10-13)19(22)20-17-6-7-18-15(12-17)5-4-8-21(18)25(3,23)24/h6-7,9-12H,4-5,8H2,1-3H3,(H,20,22). The molecule has 6 heteroatoms. The van der Waals surface area contributed by atoms with E-state index >= 15 is 0 Å². The number of carbonyl (C=O) groups is 1. The zero-order chi connectivity index (χ0) is 18.2. The first-order valence-corrected chi connectivity index (χ1v) is 10.1. The predicted octanol–water partition coefficient (Wildman–Crippen LogP) is 3.27. The van der Waals surface area contributed by atoms with Crippen LogP contribution in [0.2, 0.25) is 0 Å². The molecule has 132 valence electrons. The average Bonchev–Trinajstić information content (AvgIpc) is 2.52. The molecule has 1 aliphatic rings. The molecular weight excluding hydrogens is 336 g/mol. The summed E-state index contributed by atoms with van der Waals surface area (Å²) in [5.41, 5.74) is 5.03. The highest BCUT2D eigenvalue weighted by molar-refractivity contribution is 7.92. The summed E-state index contributed by atoms with van der Waals surface area (Å²) < 4.78 is 25.3. The van der Waals surface area contributed by atoms with Crippen molar-refractivity contribution < 1.29 is 13.2 Å². The topological polar surface area (TPSA) is 66.5 Å². The van der Waals surface area contributed by atoms with E-state index in [1.807, 2.05) is 38.1 Å². The van der Waals surface area contributed by atoms with Gasteiger partial charge in [-0.1, -0.05) is 17.2 Å². The summed E-state index contributed by atoms with van der Waals surface area (Å²) in [6.45, 7) is 4.42. The minimum atomic E-state index is -3.28. The van der Waals surface area contributed by atoms with Crippen molar-refractivity contribution in [2.45, 2.75) is 26.7 Å². The van der Waals surface area contributed by atoms with Crippen LogP contribution in [0.5, 0.6) is 0 Å². The fourth-order valence-corrected chi connectivity index (χ4v) is 4.29. The van der Waals surface area contributed by atoms with Gasteiger partial charge in [0.1, 0.15) is 0 Å². The van der Waals surface area contributed by atoms with Crippen molar-refractivity contribution in [2.75, 3.05) is 22.4 Å². The van der Waals surface area contributed by atoms with Gasteiger partial charge in [0.2, 0.25) is 10.0 Å². The number of nitrogens with one attached hydrogen (secondary N) is 1. The van der Waals surface area contributed by atoms with Crippen LogP contribution < -0.4 is 9.62 Å². The molecule has 1 heterocycles. The molecule has 0 saturated carbocycles. The molecule has 0 unspecified atom stereocenters. The summed E-state index contributed by atoms with van der Waals surface area (Å²) in [6.07, 6.45) is 2.79. The van der Waals surface area contributed by atoms with Crippen LogP contribution >= 0.6 is 0 Å². The molecule has 0 atom stereocenters. The molecule has 0 fully saturated rings. The van der Waals surface area contributed by atoms with Crippen molar-refractivity contribution in [3.05, 3.63) is 58.7 Å². The number of rotatable bonds is 3. The smallest absolute Gasteiger partial charge is 0.255 e. The summed E-state index contributed by atoms with van der Waals surface area (Å²) in [5, 5.41) is 2.91. The van der Waals surface area contributed by atoms with Crippen LogP contribution in [0.1, 0.15) is 33.5 Å². The Bertz CT molecular complexity index is 915. The fourth-order valence-electron chi connectivity index (χ4n) is 3.29. The first kappa shape index (κ1) is 17.5. The van der Waals surface area contributed by atoms with E-state index in [2.05, 4.69) is 5.32 Å². The first-order valence-electron chi connectivity index (χ1n) is 8.24. The second-order valence-electron chi connectivity index (χ2n) is 6.61. The maximum atomic E-state index is 12.5. The van der Waals surface area contributed by atoms with E-state index in [-0.39, 0.29) is 5.91 Å². The van der Waals surface area contributed by atoms with Gasteiger partial charge in [0.05, 0.1) is 11.9 Å². The summed E-state index contributed by atoms with van der Waals surface area (Å²) in [4.78, 5) is 12.5. The Morgan fingerprint density at radius 2 is 1.76 bits per heavy atom. The molecule has 3 rings (SSSR count). The number of hydrogen-bond acceptors (Lipinski definition) is 3. The number of nitrogens with zero attached hydrogens (tertiary/aromatic N) is 1. The third kappa shape index (κ3) is 3.85. The van der Waals surface area contributed by atoms with Crippen molar-refractivity contribution >= 4 is 27.3 Å². The van der Waals surface area contributed by atoms with E-state index in [9.17, 15) is 13.2 Å².